The normalized spacial score (nSPS) is 12.3. The van der Waals surface area contributed by atoms with Gasteiger partial charge in [-0.2, -0.15) is 0 Å². The van der Waals surface area contributed by atoms with Gasteiger partial charge in [-0.1, -0.05) is 44.2 Å². The monoisotopic (exact) mass is 477 g/mol. The van der Waals surface area contributed by atoms with Gasteiger partial charge in [-0.25, -0.2) is 12.8 Å². The molecule has 1 unspecified atom stereocenters. The van der Waals surface area contributed by atoms with Crippen molar-refractivity contribution in [1.29, 1.82) is 0 Å². The van der Waals surface area contributed by atoms with Gasteiger partial charge in [-0.3, -0.25) is 13.9 Å². The van der Waals surface area contributed by atoms with Crippen LogP contribution in [0.5, 0.6) is 0 Å². The number of rotatable bonds is 10. The first-order chi connectivity index (χ1) is 15.4. The fraction of sp³-hybridized carbons (Fsp3) is 0.417. The van der Waals surface area contributed by atoms with Crippen LogP contribution in [0.4, 0.5) is 10.1 Å². The van der Waals surface area contributed by atoms with Crippen molar-refractivity contribution >= 4 is 27.5 Å². The van der Waals surface area contributed by atoms with E-state index in [0.29, 0.717) is 6.54 Å². The highest BCUT2D eigenvalue weighted by Crippen LogP contribution is 2.20. The molecule has 9 heteroatoms. The van der Waals surface area contributed by atoms with Crippen molar-refractivity contribution in [2.24, 2.45) is 5.92 Å². The molecule has 0 radical (unpaired) electrons. The molecule has 180 valence electrons. The number of sulfonamides is 1. The summed E-state index contributed by atoms with van der Waals surface area (Å²) < 4.78 is 39.5. The fourth-order valence-electron chi connectivity index (χ4n) is 3.25. The lowest BCUT2D eigenvalue weighted by Crippen LogP contribution is -2.51. The summed E-state index contributed by atoms with van der Waals surface area (Å²) in [6.07, 6.45) is 0.954. The van der Waals surface area contributed by atoms with Crippen LogP contribution >= 0.6 is 0 Å². The SMILES string of the molecule is Cc1ccccc1CN(C(=O)CN(c1cccc(F)c1)S(C)(=O)=O)C(C)C(=O)NCC(C)C. The van der Waals surface area contributed by atoms with Crippen LogP contribution in [0.1, 0.15) is 31.9 Å². The Morgan fingerprint density at radius 1 is 1.06 bits per heavy atom. The van der Waals surface area contributed by atoms with Crippen molar-refractivity contribution in [3.63, 3.8) is 0 Å². The van der Waals surface area contributed by atoms with E-state index >= 15 is 0 Å². The second-order valence-corrected chi connectivity index (χ2v) is 10.4. The van der Waals surface area contributed by atoms with E-state index in [-0.39, 0.29) is 24.1 Å². The number of aryl methyl sites for hydroxylation is 1. The van der Waals surface area contributed by atoms with Gasteiger partial charge in [0.2, 0.25) is 21.8 Å². The minimum Gasteiger partial charge on any atom is -0.354 e. The highest BCUT2D eigenvalue weighted by atomic mass is 32.2. The Labute approximate surface area is 195 Å². The van der Waals surface area contributed by atoms with Gasteiger partial charge < -0.3 is 10.2 Å². The van der Waals surface area contributed by atoms with E-state index in [4.69, 9.17) is 0 Å². The highest BCUT2D eigenvalue weighted by molar-refractivity contribution is 7.92. The van der Waals surface area contributed by atoms with Crippen molar-refractivity contribution in [3.8, 4) is 0 Å². The first-order valence-electron chi connectivity index (χ1n) is 10.7. The minimum absolute atomic E-state index is 0.0404. The first-order valence-corrected chi connectivity index (χ1v) is 12.6. The quantitative estimate of drug-likeness (QED) is 0.570. The summed E-state index contributed by atoms with van der Waals surface area (Å²) >= 11 is 0. The molecule has 33 heavy (non-hydrogen) atoms. The second kappa shape index (κ2) is 11.3. The third kappa shape index (κ3) is 7.56. The van der Waals surface area contributed by atoms with Crippen molar-refractivity contribution in [2.75, 3.05) is 23.7 Å². The molecule has 0 saturated carbocycles. The van der Waals surface area contributed by atoms with Crippen LogP contribution in [-0.2, 0) is 26.2 Å². The molecule has 1 N–H and O–H groups in total. The van der Waals surface area contributed by atoms with Gasteiger partial charge in [0.25, 0.3) is 0 Å². The molecule has 2 rings (SSSR count). The number of hydrogen-bond donors (Lipinski definition) is 1. The van der Waals surface area contributed by atoms with Crippen LogP contribution in [0, 0.1) is 18.7 Å². The number of carbonyl (C=O) groups excluding carboxylic acids is 2. The van der Waals surface area contributed by atoms with Crippen LogP contribution in [0.3, 0.4) is 0 Å². The van der Waals surface area contributed by atoms with Gasteiger partial charge >= 0.3 is 0 Å². The van der Waals surface area contributed by atoms with E-state index in [0.717, 1.165) is 27.8 Å². The van der Waals surface area contributed by atoms with Gasteiger partial charge in [-0.15, -0.1) is 0 Å². The zero-order valence-electron chi connectivity index (χ0n) is 19.7. The molecule has 0 spiro atoms. The van der Waals surface area contributed by atoms with E-state index < -0.39 is 34.3 Å². The van der Waals surface area contributed by atoms with Crippen LogP contribution in [0.25, 0.3) is 0 Å². The summed E-state index contributed by atoms with van der Waals surface area (Å²) in [5, 5.41) is 2.83. The van der Waals surface area contributed by atoms with Gasteiger partial charge in [0.05, 0.1) is 11.9 Å². The second-order valence-electron chi connectivity index (χ2n) is 8.51. The lowest BCUT2D eigenvalue weighted by atomic mass is 10.1. The van der Waals surface area contributed by atoms with Gasteiger partial charge in [0.15, 0.2) is 0 Å². The Morgan fingerprint density at radius 3 is 2.30 bits per heavy atom. The average molecular weight is 478 g/mol. The van der Waals surface area contributed by atoms with Crippen molar-refractivity contribution in [3.05, 3.63) is 65.5 Å². The third-order valence-electron chi connectivity index (χ3n) is 5.23. The maximum atomic E-state index is 13.8. The highest BCUT2D eigenvalue weighted by Gasteiger charge is 2.30. The van der Waals surface area contributed by atoms with E-state index in [1.54, 1.807) is 6.92 Å². The van der Waals surface area contributed by atoms with Crippen molar-refractivity contribution < 1.29 is 22.4 Å². The molecule has 0 aliphatic rings. The van der Waals surface area contributed by atoms with Crippen molar-refractivity contribution in [2.45, 2.75) is 40.3 Å². The first kappa shape index (κ1) is 26.3. The van der Waals surface area contributed by atoms with Crippen LogP contribution in [-0.4, -0.2) is 50.5 Å². The Morgan fingerprint density at radius 2 is 1.73 bits per heavy atom. The largest absolute Gasteiger partial charge is 0.354 e. The molecule has 7 nitrogen and oxygen atoms in total. The Kier molecular flexibility index (Phi) is 8.99. The fourth-order valence-corrected chi connectivity index (χ4v) is 4.09. The molecular weight excluding hydrogens is 445 g/mol. The molecule has 2 amide bonds. The smallest absolute Gasteiger partial charge is 0.244 e. The van der Waals surface area contributed by atoms with Gasteiger partial charge in [0.1, 0.15) is 18.4 Å². The number of nitrogens with zero attached hydrogens (tertiary/aromatic N) is 2. The number of halogens is 1. The summed E-state index contributed by atoms with van der Waals surface area (Å²) in [4.78, 5) is 27.5. The summed E-state index contributed by atoms with van der Waals surface area (Å²) in [5.74, 6) is -1.29. The number of benzene rings is 2. The zero-order chi connectivity index (χ0) is 24.8. The lowest BCUT2D eigenvalue weighted by Gasteiger charge is -2.32. The zero-order valence-corrected chi connectivity index (χ0v) is 20.5. The predicted molar refractivity (Wildman–Crippen MR) is 128 cm³/mol. The molecule has 0 heterocycles. The number of hydrogen-bond acceptors (Lipinski definition) is 4. The molecule has 0 bridgehead atoms. The molecule has 2 aromatic carbocycles. The van der Waals surface area contributed by atoms with E-state index in [9.17, 15) is 22.4 Å². The third-order valence-corrected chi connectivity index (χ3v) is 6.37. The molecule has 0 saturated heterocycles. The molecule has 1 atom stereocenters. The summed E-state index contributed by atoms with van der Waals surface area (Å²) in [7, 11) is -3.89. The minimum atomic E-state index is -3.89. The Balaban J connectivity index is 2.38. The molecular formula is C24H32FN3O4S. The van der Waals surface area contributed by atoms with Crippen LogP contribution in [0.2, 0.25) is 0 Å². The van der Waals surface area contributed by atoms with Gasteiger partial charge in [-0.05, 0) is 49.1 Å². The number of anilines is 1. The number of carbonyl (C=O) groups is 2. The summed E-state index contributed by atoms with van der Waals surface area (Å²) in [6.45, 7) is 7.46. The van der Waals surface area contributed by atoms with Gasteiger partial charge in [0, 0.05) is 13.1 Å². The molecule has 2 aromatic rings. The average Bonchev–Trinajstić information content (AvgIpc) is 2.73. The molecule has 0 aliphatic heterocycles. The van der Waals surface area contributed by atoms with E-state index in [1.807, 2.05) is 45.0 Å². The molecule has 0 aliphatic carbocycles. The van der Waals surface area contributed by atoms with Crippen LogP contribution < -0.4 is 9.62 Å². The van der Waals surface area contributed by atoms with E-state index in [2.05, 4.69) is 5.32 Å². The number of amides is 2. The molecule has 0 fully saturated rings. The summed E-state index contributed by atoms with van der Waals surface area (Å²) in [5.41, 5.74) is 1.82. The topological polar surface area (TPSA) is 86.8 Å². The number of nitrogens with one attached hydrogen (secondary N) is 1. The Bertz CT molecular complexity index is 1090. The summed E-state index contributed by atoms with van der Waals surface area (Å²) in [6, 6.07) is 11.7. The van der Waals surface area contributed by atoms with Crippen molar-refractivity contribution in [1.82, 2.24) is 10.2 Å². The van der Waals surface area contributed by atoms with E-state index in [1.165, 1.54) is 23.1 Å². The predicted octanol–water partition coefficient (Wildman–Crippen LogP) is 3.09. The van der Waals surface area contributed by atoms with Crippen LogP contribution in [0.15, 0.2) is 48.5 Å². The maximum Gasteiger partial charge on any atom is 0.244 e. The maximum absolute atomic E-state index is 13.8. The standard InChI is InChI=1S/C24H32FN3O4S/c1-17(2)14-26-24(30)19(4)27(15-20-10-7-6-9-18(20)3)23(29)16-28(33(5,31)32)22-12-8-11-21(25)13-22/h6-13,17,19H,14-16H2,1-5H3,(H,26,30). The Hall–Kier alpha value is -2.94. The lowest BCUT2D eigenvalue weighted by molar-refractivity contribution is -0.139. The molecule has 0 aromatic heterocycles.